The number of aryl methyl sites for hydroxylation is 2. The maximum absolute atomic E-state index is 13.1. The number of ether oxygens (including phenoxy) is 2. The molecule has 0 N–H and O–H groups in total. The van der Waals surface area contributed by atoms with Gasteiger partial charge in [0.2, 0.25) is 0 Å². The molecule has 0 fully saturated rings. The number of thioether (sulfide) groups is 2. The molecular formula is C52H86O4S3. The molecule has 2 rings (SSSR count). The molecule has 4 nitrogen and oxygen atoms in total. The molecule has 336 valence electrons. The third kappa shape index (κ3) is 23.5. The highest BCUT2D eigenvalue weighted by molar-refractivity contribution is 7.99. The summed E-state index contributed by atoms with van der Waals surface area (Å²) in [5.74, 6) is 4.84. The quantitative estimate of drug-likeness (QED) is 0.0412. The van der Waals surface area contributed by atoms with Gasteiger partial charge < -0.3 is 9.47 Å². The zero-order valence-electron chi connectivity index (χ0n) is 39.6. The van der Waals surface area contributed by atoms with Gasteiger partial charge in [-0.1, -0.05) is 183 Å². The second kappa shape index (κ2) is 30.5. The minimum absolute atomic E-state index is 0.158. The maximum Gasteiger partial charge on any atom is 0.312 e. The van der Waals surface area contributed by atoms with Crippen LogP contribution in [0.5, 0.6) is 11.5 Å². The van der Waals surface area contributed by atoms with Gasteiger partial charge in [-0.3, -0.25) is 9.59 Å². The van der Waals surface area contributed by atoms with Crippen molar-refractivity contribution in [3.8, 4) is 11.5 Å². The van der Waals surface area contributed by atoms with E-state index < -0.39 is 0 Å². The van der Waals surface area contributed by atoms with Gasteiger partial charge >= 0.3 is 11.9 Å². The van der Waals surface area contributed by atoms with Crippen LogP contribution in [0.1, 0.15) is 219 Å². The number of hydrogen-bond donors (Lipinski definition) is 0. The molecule has 0 aliphatic rings. The largest absolute Gasteiger partial charge is 0.426 e. The van der Waals surface area contributed by atoms with E-state index in [-0.39, 0.29) is 22.8 Å². The van der Waals surface area contributed by atoms with Crippen molar-refractivity contribution in [2.24, 2.45) is 0 Å². The first-order valence-electron chi connectivity index (χ1n) is 23.7. The number of esters is 2. The highest BCUT2D eigenvalue weighted by atomic mass is 32.2. The highest BCUT2D eigenvalue weighted by Gasteiger charge is 2.26. The molecule has 0 aromatic heterocycles. The van der Waals surface area contributed by atoms with Crippen LogP contribution in [0.3, 0.4) is 0 Å². The fourth-order valence-corrected chi connectivity index (χ4v) is 10.1. The summed E-state index contributed by atoms with van der Waals surface area (Å²) >= 11 is 5.47. The Kier molecular flexibility index (Phi) is 27.7. The summed E-state index contributed by atoms with van der Waals surface area (Å²) in [6.07, 6.45) is 27.8. The van der Waals surface area contributed by atoms with E-state index in [2.05, 4.69) is 81.4 Å². The average molecular weight is 871 g/mol. The summed E-state index contributed by atoms with van der Waals surface area (Å²) < 4.78 is 12.1. The molecule has 0 heterocycles. The van der Waals surface area contributed by atoms with E-state index in [1.54, 1.807) is 11.8 Å². The summed E-state index contributed by atoms with van der Waals surface area (Å²) in [6.45, 7) is 21.8. The van der Waals surface area contributed by atoms with Crippen LogP contribution in [-0.4, -0.2) is 35.0 Å². The fourth-order valence-electron chi connectivity index (χ4n) is 7.25. The lowest BCUT2D eigenvalue weighted by Crippen LogP contribution is -2.17. The van der Waals surface area contributed by atoms with E-state index in [1.807, 2.05) is 35.7 Å². The van der Waals surface area contributed by atoms with Gasteiger partial charge in [0.15, 0.2) is 0 Å². The van der Waals surface area contributed by atoms with Gasteiger partial charge in [0.05, 0.1) is 12.8 Å². The molecule has 0 atom stereocenters. The molecule has 0 spiro atoms. The summed E-state index contributed by atoms with van der Waals surface area (Å²) in [7, 11) is 0. The van der Waals surface area contributed by atoms with E-state index in [0.29, 0.717) is 24.3 Å². The molecule has 0 saturated carbocycles. The van der Waals surface area contributed by atoms with Gasteiger partial charge in [-0.2, -0.15) is 23.5 Å². The number of hydrogen-bond acceptors (Lipinski definition) is 7. The van der Waals surface area contributed by atoms with Crippen molar-refractivity contribution in [2.75, 3.05) is 23.0 Å². The van der Waals surface area contributed by atoms with Crippen molar-refractivity contribution in [1.29, 1.82) is 0 Å². The molecule has 2 aromatic rings. The molecule has 0 saturated heterocycles. The summed E-state index contributed by atoms with van der Waals surface area (Å²) in [5.41, 5.74) is 3.78. The van der Waals surface area contributed by atoms with E-state index in [1.165, 1.54) is 128 Å². The molecule has 0 bridgehead atoms. The second-order valence-corrected chi connectivity index (χ2v) is 22.4. The Morgan fingerprint density at radius 2 is 0.763 bits per heavy atom. The zero-order chi connectivity index (χ0) is 43.5. The van der Waals surface area contributed by atoms with Gasteiger partial charge in [-0.05, 0) is 84.4 Å². The summed E-state index contributed by atoms with van der Waals surface area (Å²) in [4.78, 5) is 28.4. The van der Waals surface area contributed by atoms with E-state index >= 15 is 0 Å². The smallest absolute Gasteiger partial charge is 0.312 e. The van der Waals surface area contributed by atoms with Crippen molar-refractivity contribution in [3.63, 3.8) is 0 Å². The number of rotatable bonds is 32. The SMILES string of the molecule is CCCCCCCCCCCCSCCC(=O)Oc1cc(C)c(Sc2cc(C(C)(C)C)c(OC(=O)CCSCCCCCCCCCCCC)cc2C)cc1C(C)(C)C. The van der Waals surface area contributed by atoms with Gasteiger partial charge in [0, 0.05) is 32.4 Å². The maximum atomic E-state index is 13.1. The lowest BCUT2D eigenvalue weighted by Gasteiger charge is -2.26. The van der Waals surface area contributed by atoms with E-state index in [4.69, 9.17) is 9.47 Å². The van der Waals surface area contributed by atoms with Crippen molar-refractivity contribution >= 4 is 47.2 Å². The third-order valence-electron chi connectivity index (χ3n) is 11.0. The molecule has 59 heavy (non-hydrogen) atoms. The Labute approximate surface area is 376 Å². The Morgan fingerprint density at radius 3 is 1.07 bits per heavy atom. The molecule has 2 aromatic carbocycles. The Balaban J connectivity index is 1.91. The minimum atomic E-state index is -0.210. The van der Waals surface area contributed by atoms with E-state index in [0.717, 1.165) is 55.1 Å². The first-order chi connectivity index (χ1) is 28.2. The molecule has 7 heteroatoms. The van der Waals surface area contributed by atoms with Crippen LogP contribution in [0.15, 0.2) is 34.1 Å². The first kappa shape index (κ1) is 53.6. The predicted molar refractivity (Wildman–Crippen MR) is 263 cm³/mol. The first-order valence-corrected chi connectivity index (χ1v) is 26.8. The van der Waals surface area contributed by atoms with Crippen LogP contribution in [0.25, 0.3) is 0 Å². The average Bonchev–Trinajstić information content (AvgIpc) is 3.16. The lowest BCUT2D eigenvalue weighted by molar-refractivity contribution is -0.134. The number of unbranched alkanes of at least 4 members (excludes halogenated alkanes) is 18. The van der Waals surface area contributed by atoms with Crippen LogP contribution >= 0.6 is 35.3 Å². The van der Waals surface area contributed by atoms with Crippen molar-refractivity contribution < 1.29 is 19.1 Å². The molecule has 0 unspecified atom stereocenters. The molecular weight excluding hydrogens is 785 g/mol. The second-order valence-electron chi connectivity index (χ2n) is 18.9. The van der Waals surface area contributed by atoms with Gasteiger partial charge in [-0.15, -0.1) is 0 Å². The Hall–Kier alpha value is -1.57. The van der Waals surface area contributed by atoms with Crippen LogP contribution in [0.4, 0.5) is 0 Å². The number of carbonyl (C=O) groups is 2. The van der Waals surface area contributed by atoms with Gasteiger partial charge in [0.25, 0.3) is 0 Å². The Bertz CT molecular complexity index is 1360. The molecule has 0 aliphatic heterocycles. The zero-order valence-corrected chi connectivity index (χ0v) is 42.0. The van der Waals surface area contributed by atoms with Crippen molar-refractivity contribution in [2.45, 2.75) is 231 Å². The lowest BCUT2D eigenvalue weighted by atomic mass is 9.85. The minimum Gasteiger partial charge on any atom is -0.426 e. The van der Waals surface area contributed by atoms with Crippen LogP contribution in [0.2, 0.25) is 0 Å². The van der Waals surface area contributed by atoms with E-state index in [9.17, 15) is 9.59 Å². The fraction of sp³-hybridized carbons (Fsp3) is 0.731. The topological polar surface area (TPSA) is 52.6 Å². The molecule has 0 radical (unpaired) electrons. The highest BCUT2D eigenvalue weighted by Crippen LogP contribution is 2.43. The molecule has 0 aliphatic carbocycles. The Morgan fingerprint density at radius 1 is 0.458 bits per heavy atom. The van der Waals surface area contributed by atoms with Crippen molar-refractivity contribution in [1.82, 2.24) is 0 Å². The van der Waals surface area contributed by atoms with Crippen molar-refractivity contribution in [3.05, 3.63) is 46.5 Å². The van der Waals surface area contributed by atoms with Crippen LogP contribution in [0, 0.1) is 13.8 Å². The van der Waals surface area contributed by atoms with Crippen LogP contribution < -0.4 is 9.47 Å². The monoisotopic (exact) mass is 871 g/mol. The normalized spacial score (nSPS) is 12.0. The summed E-state index contributed by atoms with van der Waals surface area (Å²) in [6, 6.07) is 8.50. The summed E-state index contributed by atoms with van der Waals surface area (Å²) in [5, 5.41) is 0. The standard InChI is InChI=1S/C52H86O4S3/c1-11-13-15-17-19-21-23-25-27-29-33-57-35-31-49(53)55-45-37-41(3)47(39-43(45)51(5,6)7)59-48-40-44(52(8,9)10)46(38-42(48)4)56-50(54)32-36-58-34-30-28-26-24-22-20-18-16-14-12-2/h37-40H,11-36H2,1-10H3. The predicted octanol–water partition coefficient (Wildman–Crippen LogP) is 16.9. The number of benzene rings is 2. The number of carbonyl (C=O) groups excluding carboxylic acids is 2. The third-order valence-corrected chi connectivity index (χ3v) is 14.5. The van der Waals surface area contributed by atoms with Gasteiger partial charge in [0.1, 0.15) is 11.5 Å². The van der Waals surface area contributed by atoms with Crippen LogP contribution in [-0.2, 0) is 20.4 Å². The molecule has 0 amide bonds. The van der Waals surface area contributed by atoms with Gasteiger partial charge in [-0.25, -0.2) is 0 Å².